The van der Waals surface area contributed by atoms with E-state index in [4.69, 9.17) is 0 Å². The van der Waals surface area contributed by atoms with Crippen molar-refractivity contribution in [1.29, 1.82) is 0 Å². The molecule has 0 atom stereocenters. The number of piperidine rings is 1. The molecule has 0 bridgehead atoms. The highest BCUT2D eigenvalue weighted by Crippen LogP contribution is 2.26. The average molecular weight is 330 g/mol. The zero-order valence-corrected chi connectivity index (χ0v) is 14.5. The molecule has 130 valence electrons. The standard InChI is InChI=1S/C18H26N4O2/c1-3-21-14-6-4-5-7-15(14)22(17(21)24)12-16(23)20-13-18(2)8-10-19-11-9-18/h4-7,19H,3,8-13H2,1-2H3,(H,20,23). The fraction of sp³-hybridized carbons (Fsp3) is 0.556. The number of aryl methyl sites for hydroxylation is 1. The van der Waals surface area contributed by atoms with Crippen molar-refractivity contribution < 1.29 is 4.79 Å². The highest BCUT2D eigenvalue weighted by molar-refractivity contribution is 5.80. The lowest BCUT2D eigenvalue weighted by atomic mass is 9.81. The molecule has 3 rings (SSSR count). The van der Waals surface area contributed by atoms with Gasteiger partial charge in [-0.25, -0.2) is 4.79 Å². The maximum atomic E-state index is 12.6. The van der Waals surface area contributed by atoms with Gasteiger partial charge in [0.05, 0.1) is 11.0 Å². The lowest BCUT2D eigenvalue weighted by Crippen LogP contribution is -2.44. The summed E-state index contributed by atoms with van der Waals surface area (Å²) < 4.78 is 3.27. The fourth-order valence-electron chi connectivity index (χ4n) is 3.45. The van der Waals surface area contributed by atoms with Gasteiger partial charge in [0.1, 0.15) is 6.54 Å². The summed E-state index contributed by atoms with van der Waals surface area (Å²) in [6.45, 7) is 7.47. The van der Waals surface area contributed by atoms with Crippen LogP contribution in [0.5, 0.6) is 0 Å². The summed E-state index contributed by atoms with van der Waals surface area (Å²) in [5, 5.41) is 6.37. The molecule has 2 heterocycles. The molecule has 6 nitrogen and oxygen atoms in total. The predicted octanol–water partition coefficient (Wildman–Crippen LogP) is 1.33. The van der Waals surface area contributed by atoms with Crippen LogP contribution in [0.25, 0.3) is 11.0 Å². The van der Waals surface area contributed by atoms with E-state index < -0.39 is 0 Å². The van der Waals surface area contributed by atoms with Gasteiger partial charge >= 0.3 is 5.69 Å². The third kappa shape index (κ3) is 3.24. The first-order valence-corrected chi connectivity index (χ1v) is 8.69. The van der Waals surface area contributed by atoms with Gasteiger partial charge in [0.15, 0.2) is 0 Å². The molecular weight excluding hydrogens is 304 g/mol. The Labute approximate surface area is 141 Å². The molecule has 1 aliphatic heterocycles. The quantitative estimate of drug-likeness (QED) is 0.869. The number of hydrogen-bond acceptors (Lipinski definition) is 3. The van der Waals surface area contributed by atoms with E-state index in [-0.39, 0.29) is 23.6 Å². The van der Waals surface area contributed by atoms with Gasteiger partial charge in [0, 0.05) is 13.1 Å². The van der Waals surface area contributed by atoms with E-state index in [2.05, 4.69) is 17.6 Å². The number of aromatic nitrogens is 2. The molecule has 0 spiro atoms. The lowest BCUT2D eigenvalue weighted by Gasteiger charge is -2.34. The van der Waals surface area contributed by atoms with Crippen LogP contribution in [0.4, 0.5) is 0 Å². The maximum Gasteiger partial charge on any atom is 0.329 e. The summed E-state index contributed by atoms with van der Waals surface area (Å²) in [5.74, 6) is -0.101. The van der Waals surface area contributed by atoms with Gasteiger partial charge in [-0.15, -0.1) is 0 Å². The van der Waals surface area contributed by atoms with Gasteiger partial charge < -0.3 is 10.6 Å². The average Bonchev–Trinajstić information content (AvgIpc) is 2.85. The molecule has 1 fully saturated rings. The number of rotatable bonds is 5. The number of nitrogens with one attached hydrogen (secondary N) is 2. The van der Waals surface area contributed by atoms with Crippen LogP contribution in [0.15, 0.2) is 29.1 Å². The first kappa shape index (κ1) is 16.8. The highest BCUT2D eigenvalue weighted by atomic mass is 16.2. The van der Waals surface area contributed by atoms with Crippen LogP contribution in [0.1, 0.15) is 26.7 Å². The predicted molar refractivity (Wildman–Crippen MR) is 95.1 cm³/mol. The van der Waals surface area contributed by atoms with E-state index >= 15 is 0 Å². The first-order valence-electron chi connectivity index (χ1n) is 8.69. The minimum absolute atomic E-state index is 0.0701. The largest absolute Gasteiger partial charge is 0.354 e. The molecule has 1 saturated heterocycles. The molecule has 24 heavy (non-hydrogen) atoms. The number of benzene rings is 1. The third-order valence-electron chi connectivity index (χ3n) is 5.07. The van der Waals surface area contributed by atoms with Crippen molar-refractivity contribution in [3.8, 4) is 0 Å². The van der Waals surface area contributed by atoms with Crippen LogP contribution >= 0.6 is 0 Å². The molecule has 2 N–H and O–H groups in total. The second kappa shape index (κ2) is 6.81. The van der Waals surface area contributed by atoms with E-state index in [1.807, 2.05) is 31.2 Å². The molecule has 0 radical (unpaired) electrons. The molecule has 1 amide bonds. The van der Waals surface area contributed by atoms with Gasteiger partial charge in [0.2, 0.25) is 5.91 Å². The number of nitrogens with zero attached hydrogens (tertiary/aromatic N) is 2. The monoisotopic (exact) mass is 330 g/mol. The van der Waals surface area contributed by atoms with Crippen molar-refractivity contribution in [3.63, 3.8) is 0 Å². The fourth-order valence-corrected chi connectivity index (χ4v) is 3.45. The molecule has 2 aromatic rings. The van der Waals surface area contributed by atoms with Crippen molar-refractivity contribution in [2.45, 2.75) is 39.8 Å². The van der Waals surface area contributed by atoms with Crippen molar-refractivity contribution >= 4 is 16.9 Å². The van der Waals surface area contributed by atoms with E-state index in [1.54, 1.807) is 9.13 Å². The third-order valence-corrected chi connectivity index (χ3v) is 5.07. The van der Waals surface area contributed by atoms with Gasteiger partial charge in [-0.05, 0) is 50.4 Å². The minimum Gasteiger partial charge on any atom is -0.354 e. The lowest BCUT2D eigenvalue weighted by molar-refractivity contribution is -0.122. The molecule has 0 saturated carbocycles. The summed E-state index contributed by atoms with van der Waals surface area (Å²) in [4.78, 5) is 25.0. The number of imidazole rings is 1. The van der Waals surface area contributed by atoms with Crippen molar-refractivity contribution in [1.82, 2.24) is 19.8 Å². The molecule has 6 heteroatoms. The van der Waals surface area contributed by atoms with Crippen molar-refractivity contribution in [2.24, 2.45) is 5.41 Å². The van der Waals surface area contributed by atoms with E-state index in [0.29, 0.717) is 13.1 Å². The van der Waals surface area contributed by atoms with E-state index in [0.717, 1.165) is 37.0 Å². The normalized spacial score (nSPS) is 17.1. The Hall–Kier alpha value is -2.08. The Morgan fingerprint density at radius 3 is 2.46 bits per heavy atom. The molecule has 1 aromatic heterocycles. The molecular formula is C18H26N4O2. The van der Waals surface area contributed by atoms with Crippen LogP contribution in [0, 0.1) is 5.41 Å². The van der Waals surface area contributed by atoms with Crippen LogP contribution < -0.4 is 16.3 Å². The maximum absolute atomic E-state index is 12.6. The Morgan fingerprint density at radius 2 is 1.83 bits per heavy atom. The van der Waals surface area contributed by atoms with Gasteiger partial charge in [-0.1, -0.05) is 19.1 Å². The second-order valence-electron chi connectivity index (χ2n) is 6.94. The number of carbonyl (C=O) groups excluding carboxylic acids is 1. The van der Waals surface area contributed by atoms with Crippen LogP contribution in [-0.2, 0) is 17.9 Å². The number of para-hydroxylation sites is 2. The zero-order chi connectivity index (χ0) is 17.2. The summed E-state index contributed by atoms with van der Waals surface area (Å²) in [5.41, 5.74) is 1.71. The highest BCUT2D eigenvalue weighted by Gasteiger charge is 2.27. The number of hydrogen-bond donors (Lipinski definition) is 2. The van der Waals surface area contributed by atoms with Crippen LogP contribution in [-0.4, -0.2) is 34.7 Å². The minimum atomic E-state index is -0.123. The zero-order valence-electron chi connectivity index (χ0n) is 14.5. The Balaban J connectivity index is 1.74. The van der Waals surface area contributed by atoms with Crippen LogP contribution in [0.3, 0.4) is 0 Å². The molecule has 0 aliphatic carbocycles. The van der Waals surface area contributed by atoms with E-state index in [9.17, 15) is 9.59 Å². The number of fused-ring (bicyclic) bond motifs is 1. The molecule has 0 unspecified atom stereocenters. The smallest absolute Gasteiger partial charge is 0.329 e. The van der Waals surface area contributed by atoms with Gasteiger partial charge in [-0.3, -0.25) is 13.9 Å². The Morgan fingerprint density at radius 1 is 1.21 bits per heavy atom. The Kier molecular flexibility index (Phi) is 4.76. The van der Waals surface area contributed by atoms with Crippen LogP contribution in [0.2, 0.25) is 0 Å². The topological polar surface area (TPSA) is 68.1 Å². The van der Waals surface area contributed by atoms with Gasteiger partial charge in [-0.2, -0.15) is 0 Å². The summed E-state index contributed by atoms with van der Waals surface area (Å²) >= 11 is 0. The van der Waals surface area contributed by atoms with Crippen molar-refractivity contribution in [3.05, 3.63) is 34.7 Å². The van der Waals surface area contributed by atoms with Gasteiger partial charge in [0.25, 0.3) is 0 Å². The summed E-state index contributed by atoms with van der Waals surface area (Å²) in [6, 6.07) is 7.62. The first-order chi connectivity index (χ1) is 11.5. The SMILES string of the molecule is CCn1c(=O)n(CC(=O)NCC2(C)CCNCC2)c2ccccc21. The summed E-state index contributed by atoms with van der Waals surface area (Å²) in [6.07, 6.45) is 2.12. The molecule has 1 aliphatic rings. The summed E-state index contributed by atoms with van der Waals surface area (Å²) in [7, 11) is 0. The molecule has 1 aromatic carbocycles. The van der Waals surface area contributed by atoms with E-state index in [1.165, 1.54) is 0 Å². The van der Waals surface area contributed by atoms with Crippen molar-refractivity contribution in [2.75, 3.05) is 19.6 Å². The Bertz CT molecular complexity index is 784. The number of amides is 1. The second-order valence-corrected chi connectivity index (χ2v) is 6.94. The number of carbonyl (C=O) groups is 1.